The minimum absolute atomic E-state index is 0.00999. The van der Waals surface area contributed by atoms with Crippen LogP contribution in [0.25, 0.3) is 0 Å². The SMILES string of the molecule is CN=C(NCC(C)Oc1ccccc1OC)NC(C)C(C)C. The lowest BCUT2D eigenvalue weighted by Gasteiger charge is -2.22. The number of rotatable bonds is 7. The second kappa shape index (κ2) is 9.18. The van der Waals surface area contributed by atoms with Crippen LogP contribution in [0.3, 0.4) is 0 Å². The van der Waals surface area contributed by atoms with E-state index in [1.165, 1.54) is 0 Å². The minimum atomic E-state index is -0.00999. The third-order valence-corrected chi connectivity index (χ3v) is 3.54. The monoisotopic (exact) mass is 307 g/mol. The number of methoxy groups -OCH3 is 1. The van der Waals surface area contributed by atoms with E-state index in [2.05, 4.69) is 36.4 Å². The normalized spacial score (nSPS) is 14.4. The first-order valence-electron chi connectivity index (χ1n) is 7.74. The lowest BCUT2D eigenvalue weighted by atomic mass is 10.1. The molecule has 0 aromatic heterocycles. The number of aliphatic imine (C=N–C) groups is 1. The van der Waals surface area contributed by atoms with Crippen LogP contribution in [0.5, 0.6) is 11.5 Å². The van der Waals surface area contributed by atoms with E-state index in [0.29, 0.717) is 18.5 Å². The van der Waals surface area contributed by atoms with Crippen molar-refractivity contribution in [3.05, 3.63) is 24.3 Å². The number of para-hydroxylation sites is 2. The van der Waals surface area contributed by atoms with Crippen LogP contribution in [0.1, 0.15) is 27.7 Å². The molecular weight excluding hydrogens is 278 g/mol. The average Bonchev–Trinajstić information content (AvgIpc) is 2.51. The van der Waals surface area contributed by atoms with Crippen molar-refractivity contribution in [1.29, 1.82) is 0 Å². The average molecular weight is 307 g/mol. The fraction of sp³-hybridized carbons (Fsp3) is 0.588. The Balaban J connectivity index is 2.49. The predicted molar refractivity (Wildman–Crippen MR) is 91.9 cm³/mol. The van der Waals surface area contributed by atoms with Gasteiger partial charge in [0.05, 0.1) is 13.7 Å². The number of hydrogen-bond acceptors (Lipinski definition) is 3. The molecule has 0 heterocycles. The second-order valence-electron chi connectivity index (χ2n) is 5.71. The van der Waals surface area contributed by atoms with Crippen LogP contribution in [-0.4, -0.2) is 38.8 Å². The Morgan fingerprint density at radius 3 is 2.32 bits per heavy atom. The molecule has 0 bridgehead atoms. The summed E-state index contributed by atoms with van der Waals surface area (Å²) in [6.45, 7) is 9.17. The van der Waals surface area contributed by atoms with Gasteiger partial charge >= 0.3 is 0 Å². The molecule has 0 amide bonds. The molecular formula is C17H29N3O2. The summed E-state index contributed by atoms with van der Waals surface area (Å²) >= 11 is 0. The summed E-state index contributed by atoms with van der Waals surface area (Å²) < 4.78 is 11.2. The van der Waals surface area contributed by atoms with E-state index < -0.39 is 0 Å². The molecule has 0 radical (unpaired) electrons. The molecule has 22 heavy (non-hydrogen) atoms. The van der Waals surface area contributed by atoms with E-state index >= 15 is 0 Å². The van der Waals surface area contributed by atoms with Crippen molar-refractivity contribution in [2.24, 2.45) is 10.9 Å². The minimum Gasteiger partial charge on any atom is -0.493 e. The van der Waals surface area contributed by atoms with Gasteiger partial charge in [-0.25, -0.2) is 0 Å². The molecule has 0 spiro atoms. The first kappa shape index (κ1) is 18.1. The fourth-order valence-electron chi connectivity index (χ4n) is 1.79. The highest BCUT2D eigenvalue weighted by molar-refractivity contribution is 5.79. The molecule has 0 aliphatic heterocycles. The van der Waals surface area contributed by atoms with Gasteiger partial charge in [-0.15, -0.1) is 0 Å². The van der Waals surface area contributed by atoms with Gasteiger partial charge in [-0.05, 0) is 31.9 Å². The number of guanidine groups is 1. The summed E-state index contributed by atoms with van der Waals surface area (Å²) in [5.41, 5.74) is 0. The van der Waals surface area contributed by atoms with E-state index in [9.17, 15) is 0 Å². The first-order chi connectivity index (χ1) is 10.5. The molecule has 0 aliphatic rings. The highest BCUT2D eigenvalue weighted by Crippen LogP contribution is 2.26. The van der Waals surface area contributed by atoms with E-state index in [0.717, 1.165) is 17.5 Å². The Morgan fingerprint density at radius 1 is 1.14 bits per heavy atom. The Hall–Kier alpha value is -1.91. The maximum absolute atomic E-state index is 5.91. The maximum Gasteiger partial charge on any atom is 0.191 e. The zero-order chi connectivity index (χ0) is 16.5. The van der Waals surface area contributed by atoms with Crippen molar-refractivity contribution in [2.45, 2.75) is 39.8 Å². The largest absolute Gasteiger partial charge is 0.493 e. The van der Waals surface area contributed by atoms with E-state index in [1.54, 1.807) is 14.2 Å². The van der Waals surface area contributed by atoms with Crippen LogP contribution >= 0.6 is 0 Å². The van der Waals surface area contributed by atoms with Crippen LogP contribution in [0.4, 0.5) is 0 Å². The van der Waals surface area contributed by atoms with Gasteiger partial charge in [0.1, 0.15) is 6.10 Å². The molecule has 2 N–H and O–H groups in total. The Kier molecular flexibility index (Phi) is 7.57. The summed E-state index contributed by atoms with van der Waals surface area (Å²) in [4.78, 5) is 4.24. The molecule has 1 aromatic carbocycles. The number of hydrogen-bond donors (Lipinski definition) is 2. The van der Waals surface area contributed by atoms with Gasteiger partial charge in [0, 0.05) is 13.1 Å². The number of nitrogens with one attached hydrogen (secondary N) is 2. The topological polar surface area (TPSA) is 54.9 Å². The summed E-state index contributed by atoms with van der Waals surface area (Å²) in [6.07, 6.45) is -0.00999. The van der Waals surface area contributed by atoms with Gasteiger partial charge < -0.3 is 20.1 Å². The Bertz CT molecular complexity index is 475. The molecule has 0 fully saturated rings. The van der Waals surface area contributed by atoms with Crippen LogP contribution in [0.15, 0.2) is 29.3 Å². The first-order valence-corrected chi connectivity index (χ1v) is 7.74. The summed E-state index contributed by atoms with van der Waals surface area (Å²) in [5.74, 6) is 2.82. The Labute approximate surface area is 134 Å². The van der Waals surface area contributed by atoms with Gasteiger partial charge in [-0.3, -0.25) is 4.99 Å². The quantitative estimate of drug-likeness (QED) is 0.601. The number of ether oxygens (including phenoxy) is 2. The highest BCUT2D eigenvalue weighted by atomic mass is 16.5. The molecule has 5 nitrogen and oxygen atoms in total. The van der Waals surface area contributed by atoms with E-state index in [4.69, 9.17) is 9.47 Å². The van der Waals surface area contributed by atoms with Crippen LogP contribution in [0, 0.1) is 5.92 Å². The highest BCUT2D eigenvalue weighted by Gasteiger charge is 2.11. The number of nitrogens with zero attached hydrogens (tertiary/aromatic N) is 1. The van der Waals surface area contributed by atoms with Crippen LogP contribution in [0.2, 0.25) is 0 Å². The molecule has 1 rings (SSSR count). The van der Waals surface area contributed by atoms with Gasteiger partial charge in [0.2, 0.25) is 0 Å². The zero-order valence-electron chi connectivity index (χ0n) is 14.5. The standard InChI is InChI=1S/C17H29N3O2/c1-12(2)14(4)20-17(18-5)19-11-13(3)22-16-10-8-7-9-15(16)21-6/h7-10,12-14H,11H2,1-6H3,(H2,18,19,20). The molecule has 0 aliphatic carbocycles. The fourth-order valence-corrected chi connectivity index (χ4v) is 1.79. The molecule has 124 valence electrons. The van der Waals surface area contributed by atoms with Gasteiger partial charge in [-0.1, -0.05) is 26.0 Å². The van der Waals surface area contributed by atoms with Crippen molar-refractivity contribution < 1.29 is 9.47 Å². The smallest absolute Gasteiger partial charge is 0.191 e. The molecule has 2 atom stereocenters. The van der Waals surface area contributed by atoms with Gasteiger partial charge in [-0.2, -0.15) is 0 Å². The molecule has 1 aromatic rings. The Morgan fingerprint density at radius 2 is 1.77 bits per heavy atom. The molecule has 0 saturated carbocycles. The molecule has 2 unspecified atom stereocenters. The second-order valence-corrected chi connectivity index (χ2v) is 5.71. The van der Waals surface area contributed by atoms with Crippen molar-refractivity contribution in [3.63, 3.8) is 0 Å². The number of benzene rings is 1. The maximum atomic E-state index is 5.91. The van der Waals surface area contributed by atoms with Crippen molar-refractivity contribution in [2.75, 3.05) is 20.7 Å². The predicted octanol–water partition coefficient (Wildman–Crippen LogP) is 2.67. The molecule has 0 saturated heterocycles. The third-order valence-electron chi connectivity index (χ3n) is 3.54. The van der Waals surface area contributed by atoms with Crippen molar-refractivity contribution in [1.82, 2.24) is 10.6 Å². The van der Waals surface area contributed by atoms with E-state index in [-0.39, 0.29) is 6.10 Å². The third kappa shape index (κ3) is 5.84. The van der Waals surface area contributed by atoms with E-state index in [1.807, 2.05) is 31.2 Å². The lowest BCUT2D eigenvalue weighted by molar-refractivity contribution is 0.213. The van der Waals surface area contributed by atoms with Crippen molar-refractivity contribution >= 4 is 5.96 Å². The summed E-state index contributed by atoms with van der Waals surface area (Å²) in [5, 5.41) is 6.65. The lowest BCUT2D eigenvalue weighted by Crippen LogP contribution is -2.46. The van der Waals surface area contributed by atoms with Gasteiger partial charge in [0.25, 0.3) is 0 Å². The van der Waals surface area contributed by atoms with Crippen LogP contribution in [-0.2, 0) is 0 Å². The van der Waals surface area contributed by atoms with Crippen LogP contribution < -0.4 is 20.1 Å². The van der Waals surface area contributed by atoms with Gasteiger partial charge in [0.15, 0.2) is 17.5 Å². The van der Waals surface area contributed by atoms with Crippen molar-refractivity contribution in [3.8, 4) is 11.5 Å². The zero-order valence-corrected chi connectivity index (χ0v) is 14.5. The summed E-state index contributed by atoms with van der Waals surface area (Å²) in [7, 11) is 3.41. The summed E-state index contributed by atoms with van der Waals surface area (Å²) in [6, 6.07) is 8.01. The molecule has 5 heteroatoms.